The number of alkyl halides is 1. The van der Waals surface area contributed by atoms with Crippen molar-refractivity contribution in [1.29, 1.82) is 0 Å². The van der Waals surface area contributed by atoms with E-state index < -0.39 is 5.97 Å². The Hall–Kier alpha value is -1.24. The fourth-order valence-corrected chi connectivity index (χ4v) is 1.10. The third kappa shape index (κ3) is 3.43. The Bertz CT molecular complexity index is 435. The molecule has 0 aliphatic rings. The van der Waals surface area contributed by atoms with Gasteiger partial charge in [0, 0.05) is 18.5 Å². The van der Waals surface area contributed by atoms with Gasteiger partial charge < -0.3 is 5.11 Å². The van der Waals surface area contributed by atoms with Crippen LogP contribution in [0.4, 0.5) is 0 Å². The third-order valence-corrected chi connectivity index (χ3v) is 2.02. The Morgan fingerprint density at radius 2 is 2.33 bits per heavy atom. The van der Waals surface area contributed by atoms with Gasteiger partial charge in [0.05, 0.1) is 11.1 Å². The summed E-state index contributed by atoms with van der Waals surface area (Å²) in [5.74, 6) is 4.85. The molecule has 0 atom stereocenters. The van der Waals surface area contributed by atoms with E-state index in [1.807, 2.05) is 0 Å². The lowest BCUT2D eigenvalue weighted by atomic mass is 10.2. The minimum Gasteiger partial charge on any atom is -0.478 e. The Morgan fingerprint density at radius 1 is 1.60 bits per heavy atom. The number of aromatic carboxylic acids is 1. The van der Waals surface area contributed by atoms with Crippen LogP contribution >= 0.6 is 23.2 Å². The zero-order valence-electron chi connectivity index (χ0n) is 7.63. The van der Waals surface area contributed by atoms with E-state index in [4.69, 9.17) is 28.3 Å². The maximum atomic E-state index is 10.6. The largest absolute Gasteiger partial charge is 0.478 e. The molecule has 1 heterocycles. The predicted octanol–water partition coefficient (Wildman–Crippen LogP) is 2.41. The van der Waals surface area contributed by atoms with Crippen LogP contribution < -0.4 is 0 Å². The maximum absolute atomic E-state index is 10.6. The lowest BCUT2D eigenvalue weighted by Crippen LogP contribution is -1.98. The first-order valence-corrected chi connectivity index (χ1v) is 5.00. The second-order valence-corrected chi connectivity index (χ2v) is 3.34. The molecule has 1 aromatic heterocycles. The van der Waals surface area contributed by atoms with E-state index >= 15 is 0 Å². The minimum absolute atomic E-state index is 0.0644. The smallest absolute Gasteiger partial charge is 0.337 e. The maximum Gasteiger partial charge on any atom is 0.337 e. The number of hydrogen-bond donors (Lipinski definition) is 1. The summed E-state index contributed by atoms with van der Waals surface area (Å²) in [7, 11) is 0. The van der Waals surface area contributed by atoms with Gasteiger partial charge in [-0.1, -0.05) is 23.4 Å². The van der Waals surface area contributed by atoms with Crippen LogP contribution in [0, 0.1) is 11.8 Å². The zero-order chi connectivity index (χ0) is 11.3. The van der Waals surface area contributed by atoms with Crippen molar-refractivity contribution in [2.75, 3.05) is 5.88 Å². The molecule has 0 spiro atoms. The van der Waals surface area contributed by atoms with Crippen LogP contribution in [0.2, 0.25) is 5.15 Å². The normalized spacial score (nSPS) is 9.20. The fourth-order valence-electron chi connectivity index (χ4n) is 0.858. The van der Waals surface area contributed by atoms with Crippen molar-refractivity contribution in [1.82, 2.24) is 4.98 Å². The van der Waals surface area contributed by atoms with Crippen LogP contribution in [0.5, 0.6) is 0 Å². The monoisotopic (exact) mass is 243 g/mol. The van der Waals surface area contributed by atoms with Gasteiger partial charge in [-0.3, -0.25) is 0 Å². The van der Waals surface area contributed by atoms with Gasteiger partial charge in [-0.15, -0.1) is 11.6 Å². The van der Waals surface area contributed by atoms with Crippen molar-refractivity contribution in [3.63, 3.8) is 0 Å². The van der Waals surface area contributed by atoms with E-state index in [1.54, 1.807) is 0 Å². The Morgan fingerprint density at radius 3 is 2.93 bits per heavy atom. The molecule has 1 rings (SSSR count). The molecule has 0 fully saturated rings. The second kappa shape index (κ2) is 5.59. The molecule has 78 valence electrons. The summed E-state index contributed by atoms with van der Waals surface area (Å²) in [4.78, 5) is 14.4. The topological polar surface area (TPSA) is 50.2 Å². The van der Waals surface area contributed by atoms with Crippen molar-refractivity contribution in [2.24, 2.45) is 0 Å². The highest BCUT2D eigenvalue weighted by Gasteiger charge is 2.06. The van der Waals surface area contributed by atoms with Gasteiger partial charge in [0.25, 0.3) is 0 Å². The van der Waals surface area contributed by atoms with E-state index in [2.05, 4.69) is 16.8 Å². The molecule has 0 saturated carbocycles. The Labute approximate surface area is 97.0 Å². The molecule has 3 nitrogen and oxygen atoms in total. The number of aromatic nitrogens is 1. The van der Waals surface area contributed by atoms with Crippen LogP contribution in [-0.4, -0.2) is 21.9 Å². The molecule has 5 heteroatoms. The molecule has 1 N–H and O–H groups in total. The summed E-state index contributed by atoms with van der Waals surface area (Å²) in [5, 5.41) is 8.92. The summed E-state index contributed by atoms with van der Waals surface area (Å²) in [6.07, 6.45) is 1.71. The number of carboxylic acid groups (broad SMARTS) is 1. The average molecular weight is 244 g/mol. The summed E-state index contributed by atoms with van der Waals surface area (Å²) in [6, 6.07) is 1.39. The van der Waals surface area contributed by atoms with Crippen LogP contribution in [0.3, 0.4) is 0 Å². The molecule has 0 unspecified atom stereocenters. The standard InChI is InChI=1S/C10H7Cl2NO2/c11-4-2-1-3-7-5-8(10(14)15)6-13-9(7)12/h5-6H,2,4H2,(H,14,15). The molecule has 0 aliphatic carbocycles. The third-order valence-electron chi connectivity index (χ3n) is 1.53. The summed E-state index contributed by atoms with van der Waals surface area (Å²) in [6.45, 7) is 0. The van der Waals surface area contributed by atoms with Crippen LogP contribution in [0.15, 0.2) is 12.3 Å². The molecule has 0 aromatic carbocycles. The van der Waals surface area contributed by atoms with Crippen molar-refractivity contribution in [2.45, 2.75) is 6.42 Å². The average Bonchev–Trinajstić information content (AvgIpc) is 2.20. The van der Waals surface area contributed by atoms with E-state index in [0.717, 1.165) is 0 Å². The van der Waals surface area contributed by atoms with Crippen molar-refractivity contribution < 1.29 is 9.90 Å². The van der Waals surface area contributed by atoms with Gasteiger partial charge in [-0.2, -0.15) is 0 Å². The predicted molar refractivity (Wildman–Crippen MR) is 58.4 cm³/mol. The number of carbonyl (C=O) groups is 1. The number of rotatable bonds is 2. The van der Waals surface area contributed by atoms with Gasteiger partial charge >= 0.3 is 5.97 Å². The van der Waals surface area contributed by atoms with Gasteiger partial charge in [0.15, 0.2) is 0 Å². The van der Waals surface area contributed by atoms with E-state index in [-0.39, 0.29) is 10.7 Å². The summed E-state index contributed by atoms with van der Waals surface area (Å²) >= 11 is 11.2. The van der Waals surface area contributed by atoms with Gasteiger partial charge in [-0.25, -0.2) is 9.78 Å². The number of hydrogen-bond acceptors (Lipinski definition) is 2. The molecular formula is C10H7Cl2NO2. The highest BCUT2D eigenvalue weighted by Crippen LogP contribution is 2.13. The molecule has 1 aromatic rings. The van der Waals surface area contributed by atoms with Crippen molar-refractivity contribution >= 4 is 29.2 Å². The number of carboxylic acids is 1. The van der Waals surface area contributed by atoms with E-state index in [0.29, 0.717) is 17.9 Å². The first-order valence-electron chi connectivity index (χ1n) is 4.09. The summed E-state index contributed by atoms with van der Waals surface area (Å²) in [5.41, 5.74) is 0.469. The molecule has 0 bridgehead atoms. The molecule has 15 heavy (non-hydrogen) atoms. The summed E-state index contributed by atoms with van der Waals surface area (Å²) < 4.78 is 0. The van der Waals surface area contributed by atoms with Crippen LogP contribution in [-0.2, 0) is 0 Å². The van der Waals surface area contributed by atoms with Crippen molar-refractivity contribution in [3.8, 4) is 11.8 Å². The van der Waals surface area contributed by atoms with E-state index in [1.165, 1.54) is 12.3 Å². The highest BCUT2D eigenvalue weighted by molar-refractivity contribution is 6.30. The molecule has 0 saturated heterocycles. The number of nitrogens with zero attached hydrogens (tertiary/aromatic N) is 1. The lowest BCUT2D eigenvalue weighted by Gasteiger charge is -1.97. The van der Waals surface area contributed by atoms with Crippen molar-refractivity contribution in [3.05, 3.63) is 28.5 Å². The first kappa shape index (κ1) is 11.8. The number of pyridine rings is 1. The molecular weight excluding hydrogens is 237 g/mol. The van der Waals surface area contributed by atoms with Gasteiger partial charge in [0.2, 0.25) is 0 Å². The van der Waals surface area contributed by atoms with E-state index in [9.17, 15) is 4.79 Å². The number of halogens is 2. The first-order chi connectivity index (χ1) is 7.15. The zero-order valence-corrected chi connectivity index (χ0v) is 9.14. The van der Waals surface area contributed by atoms with Crippen LogP contribution in [0.1, 0.15) is 22.3 Å². The van der Waals surface area contributed by atoms with Gasteiger partial charge in [-0.05, 0) is 6.07 Å². The Balaban J connectivity index is 3.02. The SMILES string of the molecule is O=C(O)c1cnc(Cl)c(C#CCCCl)c1. The highest BCUT2D eigenvalue weighted by atomic mass is 35.5. The molecule has 0 aliphatic heterocycles. The second-order valence-electron chi connectivity index (χ2n) is 2.61. The van der Waals surface area contributed by atoms with Gasteiger partial charge in [0.1, 0.15) is 5.15 Å². The molecule has 0 amide bonds. The lowest BCUT2D eigenvalue weighted by molar-refractivity contribution is 0.0696. The molecule has 0 radical (unpaired) electrons. The minimum atomic E-state index is -1.06. The quantitative estimate of drug-likeness (QED) is 0.493. The fraction of sp³-hybridized carbons (Fsp3) is 0.200. The van der Waals surface area contributed by atoms with Crippen LogP contribution in [0.25, 0.3) is 0 Å². The Kier molecular flexibility index (Phi) is 4.41.